The summed E-state index contributed by atoms with van der Waals surface area (Å²) >= 11 is 0. The number of rotatable bonds is 6. The molecule has 1 aliphatic heterocycles. The molecule has 4 aromatic heterocycles. The number of amides is 1. The van der Waals surface area contributed by atoms with Gasteiger partial charge in [-0.3, -0.25) is 4.79 Å². The van der Waals surface area contributed by atoms with Gasteiger partial charge in [0.1, 0.15) is 18.3 Å². The number of alkyl halides is 3. The average Bonchev–Trinajstić information content (AvgIpc) is 3.65. The molecule has 0 unspecified atom stereocenters. The quantitative estimate of drug-likeness (QED) is 0.316. The minimum absolute atomic E-state index is 0.0212. The third kappa shape index (κ3) is 5.70. The number of aromatic nitrogens is 8. The monoisotopic (exact) mass is 564 g/mol. The van der Waals surface area contributed by atoms with E-state index >= 15 is 0 Å². The molecule has 6 rings (SSSR count). The molecule has 0 aliphatic carbocycles. The second-order valence-corrected chi connectivity index (χ2v) is 9.24. The molecule has 210 valence electrons. The van der Waals surface area contributed by atoms with Crippen LogP contribution in [-0.2, 0) is 11.0 Å². The summed E-state index contributed by atoms with van der Waals surface area (Å²) in [5.74, 6) is 0.480. The number of hydrogen-bond donors (Lipinski definition) is 2. The van der Waals surface area contributed by atoms with Gasteiger partial charge in [-0.1, -0.05) is 0 Å². The minimum atomic E-state index is -4.61. The van der Waals surface area contributed by atoms with Gasteiger partial charge in [-0.25, -0.2) is 14.6 Å². The Kier molecular flexibility index (Phi) is 6.56. The van der Waals surface area contributed by atoms with Crippen molar-refractivity contribution in [2.75, 3.05) is 41.7 Å². The molecule has 1 amide bonds. The van der Waals surface area contributed by atoms with Crippen molar-refractivity contribution in [1.29, 1.82) is 0 Å². The summed E-state index contributed by atoms with van der Waals surface area (Å²) < 4.78 is 44.3. The van der Waals surface area contributed by atoms with Gasteiger partial charge in [0, 0.05) is 69.1 Å². The number of halogens is 3. The third-order valence-corrected chi connectivity index (χ3v) is 6.47. The first kappa shape index (κ1) is 26.0. The first-order valence-electron chi connectivity index (χ1n) is 12.5. The van der Waals surface area contributed by atoms with Gasteiger partial charge >= 0.3 is 6.18 Å². The molecular weight excluding hydrogens is 541 g/mol. The second-order valence-electron chi connectivity index (χ2n) is 9.24. The van der Waals surface area contributed by atoms with E-state index in [1.54, 1.807) is 17.2 Å². The zero-order valence-electron chi connectivity index (χ0n) is 21.6. The molecule has 5 heterocycles. The average molecular weight is 565 g/mol. The van der Waals surface area contributed by atoms with Crippen LogP contribution in [0, 0.1) is 0 Å². The van der Waals surface area contributed by atoms with Crippen molar-refractivity contribution in [3.8, 4) is 5.69 Å². The van der Waals surface area contributed by atoms with Gasteiger partial charge in [0.05, 0.1) is 11.3 Å². The number of carbonyl (C=O) groups is 1. The van der Waals surface area contributed by atoms with Crippen molar-refractivity contribution in [2.45, 2.75) is 13.1 Å². The van der Waals surface area contributed by atoms with Crippen LogP contribution in [0.25, 0.3) is 11.3 Å². The van der Waals surface area contributed by atoms with Gasteiger partial charge in [-0.2, -0.15) is 33.2 Å². The summed E-state index contributed by atoms with van der Waals surface area (Å²) in [6.07, 6.45) is 3.24. The van der Waals surface area contributed by atoms with Crippen molar-refractivity contribution in [2.24, 2.45) is 0 Å². The van der Waals surface area contributed by atoms with Crippen molar-refractivity contribution >= 4 is 40.8 Å². The second kappa shape index (κ2) is 10.4. The Morgan fingerprint density at radius 2 is 1.68 bits per heavy atom. The van der Waals surface area contributed by atoms with Crippen molar-refractivity contribution in [1.82, 2.24) is 44.0 Å². The molecule has 1 saturated heterocycles. The van der Waals surface area contributed by atoms with E-state index in [1.807, 2.05) is 27.8 Å². The standard InChI is InChI=1S/C25H23F3N12O/c1-16(41)37-6-8-39(9-7-37)24-35-22(32-18-2-4-38-5-3-30-21(38)13-18)34-23(36-24)33-19-10-17(25(26,27)28)11-20(12-19)40-15-29-14-31-40/h2-5,10-15H,6-9H2,1H3,(H2,32,33,34,35,36). The molecule has 5 aromatic rings. The summed E-state index contributed by atoms with van der Waals surface area (Å²) in [7, 11) is 0. The normalized spacial score (nSPS) is 14.0. The predicted octanol–water partition coefficient (Wildman–Crippen LogP) is 3.27. The molecule has 1 aromatic carbocycles. The van der Waals surface area contributed by atoms with Gasteiger partial charge < -0.3 is 24.8 Å². The number of hydrogen-bond acceptors (Lipinski definition) is 10. The van der Waals surface area contributed by atoms with Crippen LogP contribution in [0.1, 0.15) is 12.5 Å². The van der Waals surface area contributed by atoms with E-state index in [-0.39, 0.29) is 29.2 Å². The van der Waals surface area contributed by atoms with Crippen LogP contribution in [0.15, 0.2) is 61.6 Å². The summed E-state index contributed by atoms with van der Waals surface area (Å²) in [5, 5.41) is 9.99. The highest BCUT2D eigenvalue weighted by Gasteiger charge is 2.32. The number of carbonyl (C=O) groups excluding carboxylic acids is 1. The fourth-order valence-electron chi connectivity index (χ4n) is 4.41. The molecule has 0 atom stereocenters. The van der Waals surface area contributed by atoms with Crippen LogP contribution in [0.3, 0.4) is 0 Å². The minimum Gasteiger partial charge on any atom is -0.339 e. The smallest absolute Gasteiger partial charge is 0.339 e. The highest BCUT2D eigenvalue weighted by Crippen LogP contribution is 2.33. The van der Waals surface area contributed by atoms with E-state index in [1.165, 1.54) is 30.3 Å². The number of nitrogens with zero attached hydrogens (tertiary/aromatic N) is 10. The fraction of sp³-hybridized carbons (Fsp3) is 0.240. The summed E-state index contributed by atoms with van der Waals surface area (Å²) in [6.45, 7) is 3.43. The molecule has 0 spiro atoms. The molecule has 0 saturated carbocycles. The lowest BCUT2D eigenvalue weighted by molar-refractivity contribution is -0.137. The Balaban J connectivity index is 1.36. The zero-order chi connectivity index (χ0) is 28.6. The molecule has 0 bridgehead atoms. The van der Waals surface area contributed by atoms with Crippen molar-refractivity contribution in [3.05, 3.63) is 67.1 Å². The van der Waals surface area contributed by atoms with E-state index in [9.17, 15) is 18.0 Å². The third-order valence-electron chi connectivity index (χ3n) is 6.47. The van der Waals surface area contributed by atoms with Crippen molar-refractivity contribution in [3.63, 3.8) is 0 Å². The Morgan fingerprint density at radius 3 is 2.37 bits per heavy atom. The number of benzene rings is 1. The van der Waals surface area contributed by atoms with Crippen LogP contribution in [0.5, 0.6) is 0 Å². The van der Waals surface area contributed by atoms with Crippen molar-refractivity contribution < 1.29 is 18.0 Å². The van der Waals surface area contributed by atoms with E-state index in [0.717, 1.165) is 12.1 Å². The van der Waals surface area contributed by atoms with E-state index in [2.05, 4.69) is 40.7 Å². The fourth-order valence-corrected chi connectivity index (χ4v) is 4.41. The molecule has 1 fully saturated rings. The summed E-state index contributed by atoms with van der Waals surface area (Å²) in [6, 6.07) is 7.05. The van der Waals surface area contributed by atoms with Gasteiger partial charge in [0.2, 0.25) is 23.8 Å². The first-order chi connectivity index (χ1) is 19.7. The lowest BCUT2D eigenvalue weighted by atomic mass is 10.1. The number of fused-ring (bicyclic) bond motifs is 1. The van der Waals surface area contributed by atoms with Crippen LogP contribution >= 0.6 is 0 Å². The van der Waals surface area contributed by atoms with Gasteiger partial charge in [-0.15, -0.1) is 0 Å². The number of piperazine rings is 1. The van der Waals surface area contributed by atoms with Gasteiger partial charge in [0.15, 0.2) is 0 Å². The van der Waals surface area contributed by atoms with E-state index in [4.69, 9.17) is 0 Å². The Morgan fingerprint density at radius 1 is 0.927 bits per heavy atom. The molecule has 0 radical (unpaired) electrons. The Bertz CT molecular complexity index is 1690. The zero-order valence-corrected chi connectivity index (χ0v) is 21.6. The Hall–Kier alpha value is -5.28. The van der Waals surface area contributed by atoms with Crippen LogP contribution in [-0.4, -0.2) is 76.1 Å². The van der Waals surface area contributed by atoms with E-state index in [0.29, 0.717) is 43.5 Å². The number of nitrogens with one attached hydrogen (secondary N) is 2. The number of anilines is 5. The summed E-state index contributed by atoms with van der Waals surface area (Å²) in [5.41, 5.74) is 0.719. The number of imidazole rings is 1. The highest BCUT2D eigenvalue weighted by molar-refractivity contribution is 5.73. The van der Waals surface area contributed by atoms with Crippen LogP contribution in [0.4, 0.5) is 42.4 Å². The maximum Gasteiger partial charge on any atom is 0.416 e. The van der Waals surface area contributed by atoms with E-state index < -0.39 is 11.7 Å². The molecule has 16 heteroatoms. The highest BCUT2D eigenvalue weighted by atomic mass is 19.4. The lowest BCUT2D eigenvalue weighted by Gasteiger charge is -2.34. The van der Waals surface area contributed by atoms with Crippen LogP contribution < -0.4 is 15.5 Å². The van der Waals surface area contributed by atoms with Gasteiger partial charge in [0.25, 0.3) is 0 Å². The largest absolute Gasteiger partial charge is 0.416 e. The predicted molar refractivity (Wildman–Crippen MR) is 142 cm³/mol. The summed E-state index contributed by atoms with van der Waals surface area (Å²) in [4.78, 5) is 37.0. The first-order valence-corrected chi connectivity index (χ1v) is 12.5. The Labute approximate surface area is 230 Å². The topological polar surface area (TPSA) is 134 Å². The maximum atomic E-state index is 13.8. The molecule has 13 nitrogen and oxygen atoms in total. The molecule has 2 N–H and O–H groups in total. The maximum absolute atomic E-state index is 13.8. The molecule has 1 aliphatic rings. The molecule has 41 heavy (non-hydrogen) atoms. The number of pyridine rings is 1. The molecular formula is C25H23F3N12O. The van der Waals surface area contributed by atoms with Gasteiger partial charge in [-0.05, 0) is 24.3 Å². The SMILES string of the molecule is CC(=O)N1CCN(c2nc(Nc3cc(-n4cncn4)cc(C(F)(F)F)c3)nc(Nc3ccn4ccnc4c3)n2)CC1. The van der Waals surface area contributed by atoms with Crippen LogP contribution in [0.2, 0.25) is 0 Å². The lowest BCUT2D eigenvalue weighted by Crippen LogP contribution is -2.48.